The molecule has 0 spiro atoms. The highest BCUT2D eigenvalue weighted by molar-refractivity contribution is 9.10. The smallest absolute Gasteiger partial charge is 0.243 e. The van der Waals surface area contributed by atoms with E-state index in [0.717, 1.165) is 29.5 Å². The van der Waals surface area contributed by atoms with Crippen molar-refractivity contribution in [3.8, 4) is 0 Å². The van der Waals surface area contributed by atoms with Crippen molar-refractivity contribution in [1.82, 2.24) is 9.62 Å². The van der Waals surface area contributed by atoms with Gasteiger partial charge in [-0.15, -0.1) is 0 Å². The number of hydrogen-bond acceptors (Lipinski definition) is 3. The molecule has 21 heavy (non-hydrogen) atoms. The first-order chi connectivity index (χ1) is 9.95. The van der Waals surface area contributed by atoms with Crippen LogP contribution in [0.4, 0.5) is 0 Å². The maximum Gasteiger partial charge on any atom is 0.243 e. The van der Waals surface area contributed by atoms with E-state index in [1.807, 2.05) is 19.1 Å². The Bertz CT molecular complexity index is 647. The second kappa shape index (κ2) is 5.65. The van der Waals surface area contributed by atoms with Crippen molar-refractivity contribution < 1.29 is 8.42 Å². The number of hydrogen-bond donors (Lipinski definition) is 1. The first-order valence-electron chi connectivity index (χ1n) is 7.44. The molecule has 6 heteroatoms. The van der Waals surface area contributed by atoms with Crippen molar-refractivity contribution in [3.05, 3.63) is 28.2 Å². The van der Waals surface area contributed by atoms with Gasteiger partial charge in [0.1, 0.15) is 0 Å². The second-order valence-electron chi connectivity index (χ2n) is 6.04. The lowest BCUT2D eigenvalue weighted by Crippen LogP contribution is -2.39. The number of rotatable bonds is 3. The van der Waals surface area contributed by atoms with Crippen molar-refractivity contribution in [3.63, 3.8) is 0 Å². The summed E-state index contributed by atoms with van der Waals surface area (Å²) in [5.74, 6) is 0.911. The summed E-state index contributed by atoms with van der Waals surface area (Å²) in [6.07, 6.45) is 0.870. The minimum Gasteiger partial charge on any atom is -0.316 e. The quantitative estimate of drug-likeness (QED) is 0.885. The molecule has 0 aromatic heterocycles. The number of nitrogens with zero attached hydrogens (tertiary/aromatic N) is 1. The molecule has 2 heterocycles. The number of nitrogens with one attached hydrogen (secondary N) is 1. The average molecular weight is 373 g/mol. The van der Waals surface area contributed by atoms with Gasteiger partial charge in [0.15, 0.2) is 0 Å². The minimum absolute atomic E-state index is 0.119. The molecule has 0 amide bonds. The van der Waals surface area contributed by atoms with Gasteiger partial charge in [0.25, 0.3) is 0 Å². The van der Waals surface area contributed by atoms with Crippen LogP contribution in [0.5, 0.6) is 0 Å². The Morgan fingerprint density at radius 1 is 1.38 bits per heavy atom. The fourth-order valence-corrected chi connectivity index (χ4v) is 6.31. The summed E-state index contributed by atoms with van der Waals surface area (Å²) < 4.78 is 28.7. The highest BCUT2D eigenvalue weighted by atomic mass is 79.9. The molecule has 2 fully saturated rings. The molecule has 2 saturated heterocycles. The minimum atomic E-state index is -3.42. The van der Waals surface area contributed by atoms with Crippen LogP contribution in [0.15, 0.2) is 27.6 Å². The zero-order valence-corrected chi connectivity index (χ0v) is 14.7. The van der Waals surface area contributed by atoms with Crippen LogP contribution in [0, 0.1) is 18.8 Å². The Kier molecular flexibility index (Phi) is 4.16. The van der Waals surface area contributed by atoms with Crippen molar-refractivity contribution in [2.75, 3.05) is 19.6 Å². The molecule has 3 rings (SSSR count). The molecule has 1 N–H and O–H groups in total. The molecule has 0 radical (unpaired) electrons. The van der Waals surface area contributed by atoms with Crippen LogP contribution in [-0.2, 0) is 10.0 Å². The standard InChI is InChI=1S/C15H21BrN2O2S/c1-3-14-13-8-17-7-11(13)9-18(14)21(19,20)15-6-12(16)5-4-10(15)2/h4-6,11,13-14,17H,3,7-9H2,1-2H3. The van der Waals surface area contributed by atoms with E-state index in [-0.39, 0.29) is 6.04 Å². The third-order valence-corrected chi connectivity index (χ3v) is 7.35. The van der Waals surface area contributed by atoms with Gasteiger partial charge in [-0.05, 0) is 56.0 Å². The summed E-state index contributed by atoms with van der Waals surface area (Å²) in [6, 6.07) is 5.59. The molecule has 0 aliphatic carbocycles. The highest BCUT2D eigenvalue weighted by Gasteiger charge is 2.48. The summed E-state index contributed by atoms with van der Waals surface area (Å²) in [5.41, 5.74) is 0.809. The average Bonchev–Trinajstić information content (AvgIpc) is 3.01. The molecule has 2 aliphatic rings. The van der Waals surface area contributed by atoms with Gasteiger partial charge in [-0.1, -0.05) is 28.9 Å². The monoisotopic (exact) mass is 372 g/mol. The van der Waals surface area contributed by atoms with Crippen LogP contribution in [0.25, 0.3) is 0 Å². The van der Waals surface area contributed by atoms with Crippen molar-refractivity contribution in [1.29, 1.82) is 0 Å². The number of aryl methyl sites for hydroxylation is 1. The molecule has 3 unspecified atom stereocenters. The van der Waals surface area contributed by atoms with Crippen LogP contribution in [-0.4, -0.2) is 38.4 Å². The summed E-state index contributed by atoms with van der Waals surface area (Å²) in [7, 11) is -3.42. The molecule has 3 atom stereocenters. The van der Waals surface area contributed by atoms with Crippen LogP contribution in [0.2, 0.25) is 0 Å². The summed E-state index contributed by atoms with van der Waals surface area (Å²) in [4.78, 5) is 0.434. The van der Waals surface area contributed by atoms with Gasteiger partial charge >= 0.3 is 0 Å². The predicted octanol–water partition coefficient (Wildman–Crippen LogP) is 2.38. The lowest BCUT2D eigenvalue weighted by molar-refractivity contribution is 0.329. The third kappa shape index (κ3) is 2.56. The van der Waals surface area contributed by atoms with Crippen LogP contribution < -0.4 is 5.32 Å². The van der Waals surface area contributed by atoms with Crippen LogP contribution >= 0.6 is 15.9 Å². The van der Waals surface area contributed by atoms with E-state index in [0.29, 0.717) is 23.3 Å². The Morgan fingerprint density at radius 2 is 2.14 bits per heavy atom. The van der Waals surface area contributed by atoms with E-state index < -0.39 is 10.0 Å². The molecule has 2 aliphatic heterocycles. The van der Waals surface area contributed by atoms with Crippen LogP contribution in [0.1, 0.15) is 18.9 Å². The highest BCUT2D eigenvalue weighted by Crippen LogP contribution is 2.38. The lowest BCUT2D eigenvalue weighted by Gasteiger charge is -2.27. The molecule has 1 aromatic rings. The van der Waals surface area contributed by atoms with Crippen molar-refractivity contribution in [2.24, 2.45) is 11.8 Å². The van der Waals surface area contributed by atoms with Gasteiger partial charge in [0.05, 0.1) is 4.90 Å². The van der Waals surface area contributed by atoms with Crippen molar-refractivity contribution in [2.45, 2.75) is 31.2 Å². The first-order valence-corrected chi connectivity index (χ1v) is 9.67. The topological polar surface area (TPSA) is 49.4 Å². The molecule has 0 bridgehead atoms. The van der Waals surface area contributed by atoms with Crippen molar-refractivity contribution >= 4 is 26.0 Å². The van der Waals surface area contributed by atoms with Gasteiger partial charge in [-0.3, -0.25) is 0 Å². The largest absolute Gasteiger partial charge is 0.316 e. The normalized spacial score (nSPS) is 29.8. The zero-order chi connectivity index (χ0) is 15.2. The van der Waals surface area contributed by atoms with E-state index in [2.05, 4.69) is 28.2 Å². The molecule has 4 nitrogen and oxygen atoms in total. The molecule has 1 aromatic carbocycles. The predicted molar refractivity (Wildman–Crippen MR) is 86.7 cm³/mol. The first kappa shape index (κ1) is 15.5. The maximum absolute atomic E-state index is 13.1. The van der Waals surface area contributed by atoms with Gasteiger partial charge in [-0.25, -0.2) is 8.42 Å². The number of fused-ring (bicyclic) bond motifs is 1. The number of halogens is 1. The van der Waals surface area contributed by atoms with E-state index in [9.17, 15) is 8.42 Å². The van der Waals surface area contributed by atoms with E-state index in [1.165, 1.54) is 0 Å². The Balaban J connectivity index is 2.00. The summed E-state index contributed by atoms with van der Waals surface area (Å²) >= 11 is 3.39. The second-order valence-corrected chi connectivity index (χ2v) is 8.82. The number of sulfonamides is 1. The maximum atomic E-state index is 13.1. The SMILES string of the molecule is CCC1C2CNCC2CN1S(=O)(=O)c1cc(Br)ccc1C. The Morgan fingerprint density at radius 3 is 2.86 bits per heavy atom. The number of benzene rings is 1. The molecular weight excluding hydrogens is 352 g/mol. The van der Waals surface area contributed by atoms with E-state index >= 15 is 0 Å². The summed E-state index contributed by atoms with van der Waals surface area (Å²) in [6.45, 7) is 6.46. The third-order valence-electron chi connectivity index (χ3n) is 4.83. The fraction of sp³-hybridized carbons (Fsp3) is 0.600. The van der Waals surface area contributed by atoms with Gasteiger partial charge in [0, 0.05) is 17.1 Å². The van der Waals surface area contributed by atoms with Gasteiger partial charge < -0.3 is 5.32 Å². The Labute approximate surface area is 135 Å². The molecule has 116 valence electrons. The lowest BCUT2D eigenvalue weighted by atomic mass is 9.93. The van der Waals surface area contributed by atoms with Gasteiger partial charge in [0.2, 0.25) is 10.0 Å². The zero-order valence-electron chi connectivity index (χ0n) is 12.3. The van der Waals surface area contributed by atoms with Gasteiger partial charge in [-0.2, -0.15) is 4.31 Å². The van der Waals surface area contributed by atoms with Crippen LogP contribution in [0.3, 0.4) is 0 Å². The fourth-order valence-electron chi connectivity index (χ4n) is 3.74. The molecular formula is C15H21BrN2O2S. The molecule has 0 saturated carbocycles. The Hall–Kier alpha value is -0.430. The van der Waals surface area contributed by atoms with E-state index in [1.54, 1.807) is 10.4 Å². The summed E-state index contributed by atoms with van der Waals surface area (Å²) in [5, 5.41) is 3.39. The van der Waals surface area contributed by atoms with E-state index in [4.69, 9.17) is 0 Å².